The highest BCUT2D eigenvalue weighted by atomic mass is 35.5. The third-order valence-electron chi connectivity index (χ3n) is 3.73. The van der Waals surface area contributed by atoms with Crippen molar-refractivity contribution < 1.29 is 4.79 Å². The molecule has 0 fully saturated rings. The minimum atomic E-state index is -0.321. The van der Waals surface area contributed by atoms with Crippen molar-refractivity contribution in [1.29, 1.82) is 0 Å². The quantitative estimate of drug-likeness (QED) is 0.536. The number of aromatic nitrogens is 4. The van der Waals surface area contributed by atoms with Gasteiger partial charge < -0.3 is 5.32 Å². The van der Waals surface area contributed by atoms with E-state index in [1.807, 2.05) is 31.2 Å². The molecular weight excluding hydrogens is 393 g/mol. The molecule has 9 heteroatoms. The number of para-hydroxylation sites is 1. The van der Waals surface area contributed by atoms with Crippen molar-refractivity contribution >= 4 is 51.1 Å². The summed E-state index contributed by atoms with van der Waals surface area (Å²) in [6.07, 6.45) is 0. The van der Waals surface area contributed by atoms with Gasteiger partial charge in [-0.05, 0) is 37.3 Å². The lowest BCUT2D eigenvalue weighted by Gasteiger charge is -2.10. The molecule has 0 saturated carbocycles. The predicted molar refractivity (Wildman–Crippen MR) is 103 cm³/mol. The first kappa shape index (κ1) is 17.0. The fourth-order valence-electron chi connectivity index (χ4n) is 2.47. The van der Waals surface area contributed by atoms with E-state index in [4.69, 9.17) is 23.2 Å². The summed E-state index contributed by atoms with van der Waals surface area (Å²) in [5.41, 5.74) is 1.77. The van der Waals surface area contributed by atoms with Crippen LogP contribution in [-0.2, 0) is 0 Å². The Bertz CT molecular complexity index is 1140. The second-order valence-electron chi connectivity index (χ2n) is 5.47. The Morgan fingerprint density at radius 1 is 1.15 bits per heavy atom. The molecule has 0 aliphatic carbocycles. The first-order valence-electron chi connectivity index (χ1n) is 7.57. The van der Waals surface area contributed by atoms with Crippen molar-refractivity contribution in [2.45, 2.75) is 6.92 Å². The number of halogens is 2. The number of nitrogens with one attached hydrogen (secondary N) is 1. The molecule has 1 amide bonds. The summed E-state index contributed by atoms with van der Waals surface area (Å²) in [7, 11) is 0. The number of hydrogen-bond acceptors (Lipinski definition) is 5. The van der Waals surface area contributed by atoms with Crippen LogP contribution >= 0.6 is 34.5 Å². The number of benzene rings is 2. The van der Waals surface area contributed by atoms with Crippen molar-refractivity contribution in [2.24, 2.45) is 0 Å². The highest BCUT2D eigenvalue weighted by molar-refractivity contribution is 7.19. The highest BCUT2D eigenvalue weighted by Crippen LogP contribution is 2.32. The Balaban J connectivity index is 1.70. The van der Waals surface area contributed by atoms with Crippen molar-refractivity contribution in [1.82, 2.24) is 19.8 Å². The molecule has 4 rings (SSSR count). The number of fused-ring (bicyclic) bond motifs is 1. The van der Waals surface area contributed by atoms with Crippen LogP contribution in [0.3, 0.4) is 0 Å². The largest absolute Gasteiger partial charge is 0.321 e. The number of anilines is 1. The first-order chi connectivity index (χ1) is 12.5. The van der Waals surface area contributed by atoms with Gasteiger partial charge in [0.05, 0.1) is 16.3 Å². The number of rotatable bonds is 3. The maximum Gasteiger partial charge on any atom is 0.257 e. The summed E-state index contributed by atoms with van der Waals surface area (Å²) < 4.78 is 1.68. The van der Waals surface area contributed by atoms with Crippen LogP contribution in [0.5, 0.6) is 0 Å². The molecule has 2 aromatic heterocycles. The molecule has 0 atom stereocenters. The van der Waals surface area contributed by atoms with Crippen LogP contribution in [-0.4, -0.2) is 25.7 Å². The van der Waals surface area contributed by atoms with E-state index in [1.165, 1.54) is 17.4 Å². The molecule has 130 valence electrons. The topological polar surface area (TPSA) is 72.2 Å². The van der Waals surface area contributed by atoms with Crippen LogP contribution < -0.4 is 5.32 Å². The number of aryl methyl sites for hydroxylation is 1. The van der Waals surface area contributed by atoms with E-state index < -0.39 is 0 Å². The molecule has 0 bridgehead atoms. The summed E-state index contributed by atoms with van der Waals surface area (Å²) in [5.74, 6) is 0.385. The van der Waals surface area contributed by atoms with Crippen LogP contribution in [0, 0.1) is 6.92 Å². The minimum absolute atomic E-state index is 0.293. The molecule has 0 aliphatic heterocycles. The summed E-state index contributed by atoms with van der Waals surface area (Å²) in [5, 5.41) is 17.0. The van der Waals surface area contributed by atoms with Gasteiger partial charge in [0.15, 0.2) is 5.82 Å². The number of nitrogens with zero attached hydrogens (tertiary/aromatic N) is 4. The molecule has 0 spiro atoms. The lowest BCUT2D eigenvalue weighted by Crippen LogP contribution is -2.13. The molecule has 0 unspecified atom stereocenters. The molecular formula is C17H11Cl2N5OS. The SMILES string of the molecule is Cc1nnc2sc(-c3ccccc3NC(=O)c3ccc(Cl)cc3Cl)nn12. The number of carbonyl (C=O) groups excluding carboxylic acids is 1. The predicted octanol–water partition coefficient (Wildman–Crippen LogP) is 4.72. The monoisotopic (exact) mass is 403 g/mol. The van der Waals surface area contributed by atoms with Crippen molar-refractivity contribution in [3.05, 3.63) is 63.9 Å². The maximum atomic E-state index is 12.6. The van der Waals surface area contributed by atoms with Gasteiger partial charge in [0, 0.05) is 10.6 Å². The van der Waals surface area contributed by atoms with E-state index in [0.29, 0.717) is 32.1 Å². The van der Waals surface area contributed by atoms with Crippen LogP contribution in [0.2, 0.25) is 10.0 Å². The van der Waals surface area contributed by atoms with E-state index in [2.05, 4.69) is 20.6 Å². The average molecular weight is 404 g/mol. The number of amides is 1. The normalized spacial score (nSPS) is 11.0. The van der Waals surface area contributed by atoms with Crippen LogP contribution in [0.25, 0.3) is 15.5 Å². The van der Waals surface area contributed by atoms with E-state index >= 15 is 0 Å². The molecule has 4 aromatic rings. The Hall–Kier alpha value is -2.48. The Labute approximate surface area is 162 Å². The smallest absolute Gasteiger partial charge is 0.257 e. The lowest BCUT2D eigenvalue weighted by molar-refractivity contribution is 0.102. The molecule has 6 nitrogen and oxygen atoms in total. The van der Waals surface area contributed by atoms with Crippen LogP contribution in [0.15, 0.2) is 42.5 Å². The zero-order valence-corrected chi connectivity index (χ0v) is 15.7. The minimum Gasteiger partial charge on any atom is -0.321 e. The van der Waals surface area contributed by atoms with Gasteiger partial charge in [-0.25, -0.2) is 0 Å². The van der Waals surface area contributed by atoms with Crippen molar-refractivity contribution in [2.75, 3.05) is 5.32 Å². The lowest BCUT2D eigenvalue weighted by atomic mass is 10.1. The molecule has 1 N–H and O–H groups in total. The van der Waals surface area contributed by atoms with Gasteiger partial charge in [0.1, 0.15) is 5.01 Å². The van der Waals surface area contributed by atoms with Gasteiger partial charge in [-0.1, -0.05) is 46.7 Å². The average Bonchev–Trinajstić information content (AvgIpc) is 3.17. The first-order valence-corrected chi connectivity index (χ1v) is 9.15. The zero-order valence-electron chi connectivity index (χ0n) is 13.4. The standard InChI is InChI=1S/C17H11Cl2N5OS/c1-9-21-22-17-24(9)23-16(26-17)12-4-2-3-5-14(12)20-15(25)11-7-6-10(18)8-13(11)19/h2-8H,1H3,(H,20,25). The molecule has 2 heterocycles. The van der Waals surface area contributed by atoms with Gasteiger partial charge in [0.25, 0.3) is 5.91 Å². The highest BCUT2D eigenvalue weighted by Gasteiger charge is 2.16. The fraction of sp³-hybridized carbons (Fsp3) is 0.0588. The Kier molecular flexibility index (Phi) is 4.36. The van der Waals surface area contributed by atoms with Crippen LogP contribution in [0.4, 0.5) is 5.69 Å². The number of hydrogen-bond donors (Lipinski definition) is 1. The summed E-state index contributed by atoms with van der Waals surface area (Å²) in [6.45, 7) is 1.83. The summed E-state index contributed by atoms with van der Waals surface area (Å²) >= 11 is 13.4. The molecule has 2 aromatic carbocycles. The maximum absolute atomic E-state index is 12.6. The van der Waals surface area contributed by atoms with E-state index in [9.17, 15) is 4.79 Å². The van der Waals surface area contributed by atoms with Gasteiger partial charge in [-0.2, -0.15) is 9.61 Å². The van der Waals surface area contributed by atoms with Gasteiger partial charge in [-0.3, -0.25) is 4.79 Å². The second kappa shape index (κ2) is 6.68. The third kappa shape index (κ3) is 3.05. The van der Waals surface area contributed by atoms with E-state index in [-0.39, 0.29) is 5.91 Å². The summed E-state index contributed by atoms with van der Waals surface area (Å²) in [6, 6.07) is 12.2. The van der Waals surface area contributed by atoms with E-state index in [0.717, 1.165) is 10.6 Å². The molecule has 0 saturated heterocycles. The Morgan fingerprint density at radius 2 is 1.96 bits per heavy atom. The van der Waals surface area contributed by atoms with Gasteiger partial charge in [-0.15, -0.1) is 10.2 Å². The molecule has 0 radical (unpaired) electrons. The van der Waals surface area contributed by atoms with Gasteiger partial charge >= 0.3 is 0 Å². The van der Waals surface area contributed by atoms with Gasteiger partial charge in [0.2, 0.25) is 4.96 Å². The summed E-state index contributed by atoms with van der Waals surface area (Å²) in [4.78, 5) is 13.3. The second-order valence-corrected chi connectivity index (χ2v) is 7.27. The van der Waals surface area contributed by atoms with Crippen molar-refractivity contribution in [3.63, 3.8) is 0 Å². The Morgan fingerprint density at radius 3 is 2.73 bits per heavy atom. The third-order valence-corrected chi connectivity index (χ3v) is 5.21. The zero-order chi connectivity index (χ0) is 18.3. The van der Waals surface area contributed by atoms with E-state index in [1.54, 1.807) is 16.6 Å². The fourth-order valence-corrected chi connectivity index (χ4v) is 3.88. The molecule has 0 aliphatic rings. The van der Waals surface area contributed by atoms with Crippen LogP contribution in [0.1, 0.15) is 16.2 Å². The van der Waals surface area contributed by atoms with Crippen molar-refractivity contribution in [3.8, 4) is 10.6 Å². The molecule has 26 heavy (non-hydrogen) atoms. The number of carbonyl (C=O) groups is 1.